The first-order valence-electron chi connectivity index (χ1n) is 6.78. The number of anilines is 1. The third-order valence-corrected chi connectivity index (χ3v) is 4.33. The zero-order valence-electron chi connectivity index (χ0n) is 12.6. The van der Waals surface area contributed by atoms with Crippen LogP contribution in [0, 0.1) is 13.8 Å². The van der Waals surface area contributed by atoms with Gasteiger partial charge in [0.15, 0.2) is 0 Å². The fourth-order valence-electron chi connectivity index (χ4n) is 2.34. The van der Waals surface area contributed by atoms with Crippen molar-refractivity contribution in [3.8, 4) is 0 Å². The van der Waals surface area contributed by atoms with E-state index < -0.39 is 0 Å². The van der Waals surface area contributed by atoms with Gasteiger partial charge in [0.1, 0.15) is 10.7 Å². The lowest BCUT2D eigenvalue weighted by Crippen LogP contribution is -2.15. The molecule has 0 spiro atoms. The largest absolute Gasteiger partial charge is 0.306 e. The van der Waals surface area contributed by atoms with Gasteiger partial charge in [0.25, 0.3) is 5.91 Å². The summed E-state index contributed by atoms with van der Waals surface area (Å²) in [6.07, 6.45) is 1.72. The zero-order chi connectivity index (χ0) is 14.9. The Labute approximate surface area is 123 Å². The minimum atomic E-state index is -0.103. The minimum Gasteiger partial charge on any atom is -0.306 e. The normalized spacial score (nSPS) is 10.8. The Balaban J connectivity index is 2.32. The molecule has 0 unspecified atom stereocenters. The summed E-state index contributed by atoms with van der Waals surface area (Å²) in [6.45, 7) is 7.92. The third-order valence-electron chi connectivity index (χ3n) is 3.26. The molecule has 0 fully saturated rings. The van der Waals surface area contributed by atoms with E-state index >= 15 is 0 Å². The molecule has 0 aliphatic carbocycles. The van der Waals surface area contributed by atoms with Crippen molar-refractivity contribution in [2.45, 2.75) is 40.5 Å². The lowest BCUT2D eigenvalue weighted by molar-refractivity contribution is 0.102. The fraction of sp³-hybridized carbons (Fsp3) is 0.500. The van der Waals surface area contributed by atoms with Gasteiger partial charge in [-0.05, 0) is 26.7 Å². The van der Waals surface area contributed by atoms with Crippen molar-refractivity contribution in [2.24, 2.45) is 7.05 Å². The number of hydrogen-bond donors (Lipinski definition) is 1. The van der Waals surface area contributed by atoms with Crippen LogP contribution in [0.4, 0.5) is 5.82 Å². The highest BCUT2D eigenvalue weighted by Crippen LogP contribution is 2.23. The Hall–Kier alpha value is -1.69. The molecular formula is C14H20N4OS. The van der Waals surface area contributed by atoms with Crippen LogP contribution in [0.1, 0.15) is 45.5 Å². The van der Waals surface area contributed by atoms with Gasteiger partial charge in [0.05, 0.1) is 16.4 Å². The van der Waals surface area contributed by atoms with Crippen molar-refractivity contribution in [1.29, 1.82) is 0 Å². The molecule has 0 bridgehead atoms. The first-order chi connectivity index (χ1) is 9.47. The lowest BCUT2D eigenvalue weighted by Gasteiger charge is -2.07. The van der Waals surface area contributed by atoms with Crippen LogP contribution in [0.2, 0.25) is 0 Å². The van der Waals surface area contributed by atoms with E-state index in [1.165, 1.54) is 11.3 Å². The standard InChI is InChI=1S/C14H20N4OS/c1-6-10-11(7-2)17-18(5)13(10)16-14(19)12-8(3)15-9(4)20-12/h6-7H2,1-5H3,(H,16,19). The average molecular weight is 292 g/mol. The molecule has 108 valence electrons. The van der Waals surface area contributed by atoms with E-state index in [1.807, 2.05) is 20.9 Å². The van der Waals surface area contributed by atoms with E-state index in [4.69, 9.17) is 0 Å². The summed E-state index contributed by atoms with van der Waals surface area (Å²) in [7, 11) is 1.86. The second-order valence-corrected chi connectivity index (χ2v) is 5.91. The monoisotopic (exact) mass is 292 g/mol. The Morgan fingerprint density at radius 3 is 2.50 bits per heavy atom. The number of hydrogen-bond acceptors (Lipinski definition) is 4. The maximum Gasteiger partial charge on any atom is 0.268 e. The van der Waals surface area contributed by atoms with Crippen LogP contribution in [-0.4, -0.2) is 20.7 Å². The first kappa shape index (κ1) is 14.7. The van der Waals surface area contributed by atoms with E-state index in [1.54, 1.807) is 4.68 Å². The molecule has 6 heteroatoms. The van der Waals surface area contributed by atoms with Crippen LogP contribution in [0.25, 0.3) is 0 Å². The Bertz CT molecular complexity index is 642. The number of nitrogens with zero attached hydrogens (tertiary/aromatic N) is 3. The van der Waals surface area contributed by atoms with Gasteiger partial charge >= 0.3 is 0 Å². The molecule has 2 aromatic heterocycles. The van der Waals surface area contributed by atoms with Crippen LogP contribution in [0.15, 0.2) is 0 Å². The van der Waals surface area contributed by atoms with Gasteiger partial charge in [-0.2, -0.15) is 5.10 Å². The molecule has 0 radical (unpaired) electrons. The fourth-order valence-corrected chi connectivity index (χ4v) is 3.16. The Morgan fingerprint density at radius 1 is 1.30 bits per heavy atom. The molecule has 2 heterocycles. The SMILES string of the molecule is CCc1nn(C)c(NC(=O)c2sc(C)nc2C)c1CC. The molecule has 0 aliphatic rings. The van der Waals surface area contributed by atoms with Crippen LogP contribution in [0.3, 0.4) is 0 Å². The number of carbonyl (C=O) groups excluding carboxylic acids is 1. The molecular weight excluding hydrogens is 272 g/mol. The number of aryl methyl sites for hydroxylation is 4. The molecule has 0 saturated carbocycles. The summed E-state index contributed by atoms with van der Waals surface area (Å²) in [5.74, 6) is 0.688. The lowest BCUT2D eigenvalue weighted by atomic mass is 10.1. The molecule has 20 heavy (non-hydrogen) atoms. The molecule has 2 rings (SSSR count). The van der Waals surface area contributed by atoms with Crippen molar-refractivity contribution < 1.29 is 4.79 Å². The molecule has 2 aromatic rings. The summed E-state index contributed by atoms with van der Waals surface area (Å²) >= 11 is 1.42. The number of rotatable bonds is 4. The summed E-state index contributed by atoms with van der Waals surface area (Å²) in [6, 6.07) is 0. The second kappa shape index (κ2) is 5.75. The van der Waals surface area contributed by atoms with Gasteiger partial charge in [-0.25, -0.2) is 4.98 Å². The highest BCUT2D eigenvalue weighted by molar-refractivity contribution is 7.13. The van der Waals surface area contributed by atoms with Gasteiger partial charge in [0, 0.05) is 12.6 Å². The number of carbonyl (C=O) groups is 1. The third kappa shape index (κ3) is 2.60. The molecule has 0 saturated heterocycles. The number of nitrogens with one attached hydrogen (secondary N) is 1. The summed E-state index contributed by atoms with van der Waals surface area (Å²) in [5, 5.41) is 8.36. The van der Waals surface area contributed by atoms with Crippen molar-refractivity contribution in [3.05, 3.63) is 26.8 Å². The highest BCUT2D eigenvalue weighted by Gasteiger charge is 2.19. The van der Waals surface area contributed by atoms with E-state index in [9.17, 15) is 4.79 Å². The van der Waals surface area contributed by atoms with E-state index in [2.05, 4.69) is 29.2 Å². The molecule has 5 nitrogen and oxygen atoms in total. The summed E-state index contributed by atoms with van der Waals surface area (Å²) in [4.78, 5) is 17.4. The Morgan fingerprint density at radius 2 is 2.00 bits per heavy atom. The maximum absolute atomic E-state index is 12.4. The maximum atomic E-state index is 12.4. The predicted molar refractivity (Wildman–Crippen MR) is 81.5 cm³/mol. The van der Waals surface area contributed by atoms with Crippen LogP contribution >= 0.6 is 11.3 Å². The smallest absolute Gasteiger partial charge is 0.268 e. The van der Waals surface area contributed by atoms with E-state index in [0.29, 0.717) is 4.88 Å². The molecule has 1 amide bonds. The Kier molecular flexibility index (Phi) is 4.23. The van der Waals surface area contributed by atoms with Crippen LogP contribution in [-0.2, 0) is 19.9 Å². The van der Waals surface area contributed by atoms with Gasteiger partial charge in [-0.3, -0.25) is 9.48 Å². The topological polar surface area (TPSA) is 59.8 Å². The minimum absolute atomic E-state index is 0.103. The summed E-state index contributed by atoms with van der Waals surface area (Å²) in [5.41, 5.74) is 2.94. The molecule has 1 N–H and O–H groups in total. The molecule has 0 atom stereocenters. The van der Waals surface area contributed by atoms with Gasteiger partial charge in [0.2, 0.25) is 0 Å². The predicted octanol–water partition coefficient (Wildman–Crippen LogP) is 2.87. The second-order valence-electron chi connectivity index (χ2n) is 4.71. The van der Waals surface area contributed by atoms with Crippen molar-refractivity contribution in [2.75, 3.05) is 5.32 Å². The average Bonchev–Trinajstić information content (AvgIpc) is 2.89. The highest BCUT2D eigenvalue weighted by atomic mass is 32.1. The van der Waals surface area contributed by atoms with E-state index in [-0.39, 0.29) is 5.91 Å². The van der Waals surface area contributed by atoms with Crippen molar-refractivity contribution >= 4 is 23.1 Å². The van der Waals surface area contributed by atoms with Crippen LogP contribution in [0.5, 0.6) is 0 Å². The molecule has 0 aliphatic heterocycles. The number of aromatic nitrogens is 3. The van der Waals surface area contributed by atoms with E-state index in [0.717, 1.165) is 40.6 Å². The summed E-state index contributed by atoms with van der Waals surface area (Å²) < 4.78 is 1.75. The number of thiazole rings is 1. The number of amides is 1. The van der Waals surface area contributed by atoms with Gasteiger partial charge in [-0.15, -0.1) is 11.3 Å². The quantitative estimate of drug-likeness (QED) is 0.942. The van der Waals surface area contributed by atoms with Gasteiger partial charge < -0.3 is 5.32 Å². The van der Waals surface area contributed by atoms with Crippen molar-refractivity contribution in [1.82, 2.24) is 14.8 Å². The van der Waals surface area contributed by atoms with Crippen LogP contribution < -0.4 is 5.32 Å². The first-order valence-corrected chi connectivity index (χ1v) is 7.59. The molecule has 0 aromatic carbocycles. The van der Waals surface area contributed by atoms with Gasteiger partial charge in [-0.1, -0.05) is 13.8 Å². The zero-order valence-corrected chi connectivity index (χ0v) is 13.4. The van der Waals surface area contributed by atoms with Crippen molar-refractivity contribution in [3.63, 3.8) is 0 Å².